The average Bonchev–Trinajstić information content (AvgIpc) is 2.97. The van der Waals surface area contributed by atoms with E-state index in [0.717, 1.165) is 0 Å². The minimum Gasteiger partial charge on any atom is -0.497 e. The Kier molecular flexibility index (Phi) is 6.30. The van der Waals surface area contributed by atoms with Gasteiger partial charge in [-0.2, -0.15) is 0 Å². The zero-order chi connectivity index (χ0) is 22.8. The van der Waals surface area contributed by atoms with Crippen molar-refractivity contribution < 1.29 is 27.5 Å². The third kappa shape index (κ3) is 4.24. The standard InChI is InChI=1S/C21H23N3O6S/c1-14(20(26)22-2)23(12-15-8-10-16(30-3)11-9-15)19(25)13-24-21(27)17-6-4-5-7-18(17)31(24,28)29/h4-11,14H,12-13H2,1-3H3,(H,22,26)/t14-/m0/s1. The Balaban J connectivity index is 1.88. The molecular weight excluding hydrogens is 422 g/mol. The topological polar surface area (TPSA) is 113 Å². The molecule has 0 aliphatic carbocycles. The molecule has 1 heterocycles. The first-order valence-electron chi connectivity index (χ1n) is 9.50. The number of carbonyl (C=O) groups is 3. The number of nitrogens with zero attached hydrogens (tertiary/aromatic N) is 2. The monoisotopic (exact) mass is 445 g/mol. The summed E-state index contributed by atoms with van der Waals surface area (Å²) in [6.07, 6.45) is 0. The van der Waals surface area contributed by atoms with E-state index in [-0.39, 0.29) is 17.0 Å². The molecule has 1 N–H and O–H groups in total. The molecule has 10 heteroatoms. The maximum Gasteiger partial charge on any atom is 0.269 e. The van der Waals surface area contributed by atoms with Gasteiger partial charge in [0.15, 0.2) is 0 Å². The van der Waals surface area contributed by atoms with Gasteiger partial charge in [-0.25, -0.2) is 12.7 Å². The Bertz CT molecular complexity index is 1110. The predicted octanol–water partition coefficient (Wildman–Crippen LogP) is 1.00. The molecule has 9 nitrogen and oxygen atoms in total. The van der Waals surface area contributed by atoms with Gasteiger partial charge in [0, 0.05) is 13.6 Å². The maximum atomic E-state index is 13.1. The second-order valence-electron chi connectivity index (χ2n) is 6.97. The normalized spacial score (nSPS) is 15.2. The number of amides is 3. The summed E-state index contributed by atoms with van der Waals surface area (Å²) < 4.78 is 31.2. The van der Waals surface area contributed by atoms with Crippen LogP contribution in [0.2, 0.25) is 0 Å². The fourth-order valence-electron chi connectivity index (χ4n) is 3.32. The first-order valence-corrected chi connectivity index (χ1v) is 10.9. The van der Waals surface area contributed by atoms with Crippen LogP contribution in [0.5, 0.6) is 5.75 Å². The number of carbonyl (C=O) groups excluding carboxylic acids is 3. The van der Waals surface area contributed by atoms with Crippen molar-refractivity contribution in [1.29, 1.82) is 0 Å². The highest BCUT2D eigenvalue weighted by Gasteiger charge is 2.43. The van der Waals surface area contributed by atoms with E-state index in [0.29, 0.717) is 15.6 Å². The van der Waals surface area contributed by atoms with E-state index >= 15 is 0 Å². The van der Waals surface area contributed by atoms with Crippen LogP contribution in [0.1, 0.15) is 22.8 Å². The number of fused-ring (bicyclic) bond motifs is 1. The average molecular weight is 445 g/mol. The molecule has 0 spiro atoms. The SMILES string of the molecule is CNC(=O)[C@H](C)N(Cc1ccc(OC)cc1)C(=O)CN1C(=O)c2ccccc2S1(=O)=O. The van der Waals surface area contributed by atoms with Crippen molar-refractivity contribution in [3.63, 3.8) is 0 Å². The molecule has 0 radical (unpaired) electrons. The highest BCUT2D eigenvalue weighted by molar-refractivity contribution is 7.90. The molecule has 164 valence electrons. The molecule has 3 amide bonds. The zero-order valence-electron chi connectivity index (χ0n) is 17.4. The van der Waals surface area contributed by atoms with E-state index in [2.05, 4.69) is 5.32 Å². The van der Waals surface area contributed by atoms with E-state index in [1.54, 1.807) is 30.3 Å². The van der Waals surface area contributed by atoms with Gasteiger partial charge in [0.2, 0.25) is 11.8 Å². The number of hydrogen-bond acceptors (Lipinski definition) is 6. The summed E-state index contributed by atoms with van der Waals surface area (Å²) in [5.41, 5.74) is 0.736. The van der Waals surface area contributed by atoms with Gasteiger partial charge in [0.05, 0.1) is 12.7 Å². The highest BCUT2D eigenvalue weighted by atomic mass is 32.2. The number of nitrogens with one attached hydrogen (secondary N) is 1. The van der Waals surface area contributed by atoms with Gasteiger partial charge in [-0.15, -0.1) is 0 Å². The quantitative estimate of drug-likeness (QED) is 0.680. The Hall–Kier alpha value is -3.40. The van der Waals surface area contributed by atoms with E-state index < -0.39 is 40.3 Å². The number of likely N-dealkylation sites (N-methyl/N-ethyl adjacent to an activating group) is 1. The molecule has 1 aliphatic rings. The van der Waals surface area contributed by atoms with Gasteiger partial charge in [-0.3, -0.25) is 14.4 Å². The number of ether oxygens (including phenoxy) is 1. The fraction of sp³-hybridized carbons (Fsp3) is 0.286. The summed E-state index contributed by atoms with van der Waals surface area (Å²) in [5.74, 6) is -1.22. The van der Waals surface area contributed by atoms with Crippen molar-refractivity contribution >= 4 is 27.7 Å². The van der Waals surface area contributed by atoms with Gasteiger partial charge in [0.25, 0.3) is 15.9 Å². The Morgan fingerprint density at radius 1 is 1.13 bits per heavy atom. The van der Waals surface area contributed by atoms with Crippen LogP contribution in [-0.2, 0) is 26.2 Å². The molecule has 2 aromatic rings. The minimum atomic E-state index is -4.14. The number of benzene rings is 2. The van der Waals surface area contributed by atoms with Crippen molar-refractivity contribution in [3.8, 4) is 5.75 Å². The van der Waals surface area contributed by atoms with Crippen molar-refractivity contribution in [2.45, 2.75) is 24.4 Å². The van der Waals surface area contributed by atoms with Gasteiger partial charge in [-0.05, 0) is 36.8 Å². The fourth-order valence-corrected chi connectivity index (χ4v) is 4.84. The zero-order valence-corrected chi connectivity index (χ0v) is 18.2. The summed E-state index contributed by atoms with van der Waals surface area (Å²) in [6, 6.07) is 11.8. The molecule has 31 heavy (non-hydrogen) atoms. The third-order valence-corrected chi connectivity index (χ3v) is 6.90. The number of sulfonamides is 1. The van der Waals surface area contributed by atoms with E-state index in [9.17, 15) is 22.8 Å². The van der Waals surface area contributed by atoms with Gasteiger partial charge in [-0.1, -0.05) is 24.3 Å². The third-order valence-electron chi connectivity index (χ3n) is 5.12. The lowest BCUT2D eigenvalue weighted by molar-refractivity contribution is -0.140. The number of rotatable bonds is 7. The second kappa shape index (κ2) is 8.76. The summed E-state index contributed by atoms with van der Waals surface area (Å²) in [4.78, 5) is 39.1. The van der Waals surface area contributed by atoms with Crippen LogP contribution >= 0.6 is 0 Å². The predicted molar refractivity (Wildman–Crippen MR) is 112 cm³/mol. The molecule has 0 fully saturated rings. The van der Waals surface area contributed by atoms with Crippen LogP contribution in [0.15, 0.2) is 53.4 Å². The largest absolute Gasteiger partial charge is 0.497 e. The van der Waals surface area contributed by atoms with Gasteiger partial charge >= 0.3 is 0 Å². The molecule has 3 rings (SSSR count). The van der Waals surface area contributed by atoms with Gasteiger partial charge in [0.1, 0.15) is 23.2 Å². The van der Waals surface area contributed by atoms with Crippen LogP contribution in [0, 0.1) is 0 Å². The molecule has 0 unspecified atom stereocenters. The van der Waals surface area contributed by atoms with E-state index in [1.165, 1.54) is 44.2 Å². The molecule has 0 saturated heterocycles. The Labute approximate surface area is 180 Å². The van der Waals surface area contributed by atoms with Crippen molar-refractivity contribution in [2.75, 3.05) is 20.7 Å². The molecule has 0 bridgehead atoms. The maximum absolute atomic E-state index is 13.1. The number of methoxy groups -OCH3 is 1. The van der Waals surface area contributed by atoms with Crippen molar-refractivity contribution in [2.24, 2.45) is 0 Å². The molecule has 0 saturated carbocycles. The number of hydrogen-bond donors (Lipinski definition) is 1. The molecule has 0 aromatic heterocycles. The van der Waals surface area contributed by atoms with E-state index in [1.807, 2.05) is 0 Å². The van der Waals surface area contributed by atoms with Crippen LogP contribution in [-0.4, -0.2) is 62.1 Å². The lowest BCUT2D eigenvalue weighted by Crippen LogP contribution is -2.50. The molecule has 2 aromatic carbocycles. The van der Waals surface area contributed by atoms with E-state index in [4.69, 9.17) is 4.74 Å². The first-order chi connectivity index (χ1) is 14.7. The molecule has 1 aliphatic heterocycles. The highest BCUT2D eigenvalue weighted by Crippen LogP contribution is 2.30. The van der Waals surface area contributed by atoms with Crippen LogP contribution < -0.4 is 10.1 Å². The first kappa shape index (κ1) is 22.3. The second-order valence-corrected chi connectivity index (χ2v) is 8.80. The van der Waals surface area contributed by atoms with Crippen LogP contribution in [0.25, 0.3) is 0 Å². The van der Waals surface area contributed by atoms with Crippen molar-refractivity contribution in [3.05, 3.63) is 59.7 Å². The minimum absolute atomic E-state index is 0.0244. The van der Waals surface area contributed by atoms with Crippen LogP contribution in [0.3, 0.4) is 0 Å². The lowest BCUT2D eigenvalue weighted by atomic mass is 10.1. The smallest absolute Gasteiger partial charge is 0.269 e. The van der Waals surface area contributed by atoms with Crippen LogP contribution in [0.4, 0.5) is 0 Å². The lowest BCUT2D eigenvalue weighted by Gasteiger charge is -2.29. The Morgan fingerprint density at radius 3 is 2.35 bits per heavy atom. The van der Waals surface area contributed by atoms with Gasteiger partial charge < -0.3 is 15.0 Å². The summed E-state index contributed by atoms with van der Waals surface area (Å²) in [5, 5.41) is 2.49. The molecule has 1 atom stereocenters. The Morgan fingerprint density at radius 2 is 1.77 bits per heavy atom. The summed E-state index contributed by atoms with van der Waals surface area (Å²) in [6.45, 7) is 0.884. The summed E-state index contributed by atoms with van der Waals surface area (Å²) >= 11 is 0. The summed E-state index contributed by atoms with van der Waals surface area (Å²) in [7, 11) is -1.16. The molecular formula is C21H23N3O6S. The van der Waals surface area contributed by atoms with Crippen molar-refractivity contribution in [1.82, 2.24) is 14.5 Å².